The van der Waals surface area contributed by atoms with Crippen molar-refractivity contribution in [2.24, 2.45) is 0 Å². The van der Waals surface area contributed by atoms with E-state index in [4.69, 9.17) is 23.2 Å². The molecule has 0 saturated carbocycles. The Morgan fingerprint density at radius 1 is 1.38 bits per heavy atom. The number of aldehydes is 1. The van der Waals surface area contributed by atoms with Crippen molar-refractivity contribution in [3.63, 3.8) is 0 Å². The van der Waals surface area contributed by atoms with Gasteiger partial charge in [-0.3, -0.25) is 4.79 Å². The van der Waals surface area contributed by atoms with E-state index in [1.807, 2.05) is 0 Å². The van der Waals surface area contributed by atoms with E-state index < -0.39 is 12.2 Å². The van der Waals surface area contributed by atoms with Crippen LogP contribution in [0.15, 0.2) is 18.2 Å². The van der Waals surface area contributed by atoms with Crippen molar-refractivity contribution in [1.82, 2.24) is 0 Å². The SMILES string of the molecule is O=Cc1c(Cl)cccc1C(O)C(O)CCCl. The zero-order valence-electron chi connectivity index (χ0n) is 8.44. The first kappa shape index (κ1) is 13.5. The Hall–Kier alpha value is -0.610. The third kappa shape index (κ3) is 2.95. The molecule has 0 bridgehead atoms. The average Bonchev–Trinajstić information content (AvgIpc) is 2.28. The Balaban J connectivity index is 3.03. The summed E-state index contributed by atoms with van der Waals surface area (Å²) < 4.78 is 0. The van der Waals surface area contributed by atoms with E-state index in [0.717, 1.165) is 0 Å². The van der Waals surface area contributed by atoms with Gasteiger partial charge in [0.25, 0.3) is 0 Å². The molecule has 0 radical (unpaired) electrons. The lowest BCUT2D eigenvalue weighted by molar-refractivity contribution is 0.0167. The maximum atomic E-state index is 10.8. The van der Waals surface area contributed by atoms with Crippen molar-refractivity contribution in [3.8, 4) is 0 Å². The van der Waals surface area contributed by atoms with Gasteiger partial charge in [0.15, 0.2) is 6.29 Å². The number of carbonyl (C=O) groups is 1. The molecule has 5 heteroatoms. The van der Waals surface area contributed by atoms with Gasteiger partial charge in [0.2, 0.25) is 0 Å². The third-order valence-corrected chi connectivity index (χ3v) is 2.84. The van der Waals surface area contributed by atoms with Crippen LogP contribution < -0.4 is 0 Å². The predicted molar refractivity (Wildman–Crippen MR) is 63.1 cm³/mol. The van der Waals surface area contributed by atoms with Crippen LogP contribution in [0.2, 0.25) is 5.02 Å². The summed E-state index contributed by atoms with van der Waals surface area (Å²) in [6.07, 6.45) is -1.35. The van der Waals surface area contributed by atoms with E-state index in [-0.39, 0.29) is 22.9 Å². The molecule has 0 aliphatic rings. The number of carbonyl (C=O) groups excluding carboxylic acids is 1. The maximum Gasteiger partial charge on any atom is 0.151 e. The van der Waals surface area contributed by atoms with Crippen molar-refractivity contribution < 1.29 is 15.0 Å². The fraction of sp³-hybridized carbons (Fsp3) is 0.364. The molecule has 88 valence electrons. The zero-order chi connectivity index (χ0) is 12.1. The van der Waals surface area contributed by atoms with Gasteiger partial charge in [-0.1, -0.05) is 23.7 Å². The highest BCUT2D eigenvalue weighted by molar-refractivity contribution is 6.33. The highest BCUT2D eigenvalue weighted by Crippen LogP contribution is 2.26. The van der Waals surface area contributed by atoms with Gasteiger partial charge >= 0.3 is 0 Å². The Labute approximate surface area is 104 Å². The maximum absolute atomic E-state index is 10.8. The summed E-state index contributed by atoms with van der Waals surface area (Å²) >= 11 is 11.3. The van der Waals surface area contributed by atoms with Gasteiger partial charge in [-0.25, -0.2) is 0 Å². The molecule has 0 saturated heterocycles. The van der Waals surface area contributed by atoms with E-state index in [1.165, 1.54) is 0 Å². The highest BCUT2D eigenvalue weighted by atomic mass is 35.5. The van der Waals surface area contributed by atoms with Crippen LogP contribution in [0.3, 0.4) is 0 Å². The van der Waals surface area contributed by atoms with Crippen molar-refractivity contribution in [2.75, 3.05) is 5.88 Å². The summed E-state index contributed by atoms with van der Waals surface area (Å²) in [4.78, 5) is 10.8. The standard InChI is InChI=1S/C11H12Cl2O3/c12-5-4-10(15)11(16)7-2-1-3-9(13)8(7)6-14/h1-3,6,10-11,15-16H,4-5H2. The van der Waals surface area contributed by atoms with E-state index >= 15 is 0 Å². The predicted octanol–water partition coefficient (Wildman–Crippen LogP) is 2.18. The Bertz CT molecular complexity index is 368. The van der Waals surface area contributed by atoms with Gasteiger partial charge in [0.05, 0.1) is 11.1 Å². The van der Waals surface area contributed by atoms with Crippen molar-refractivity contribution in [2.45, 2.75) is 18.6 Å². The number of hydrogen-bond acceptors (Lipinski definition) is 3. The van der Waals surface area contributed by atoms with Gasteiger partial charge in [-0.2, -0.15) is 0 Å². The van der Waals surface area contributed by atoms with Gasteiger partial charge in [-0.15, -0.1) is 11.6 Å². The topological polar surface area (TPSA) is 57.5 Å². The molecule has 1 rings (SSSR count). The first-order valence-corrected chi connectivity index (χ1v) is 5.68. The molecule has 0 spiro atoms. The molecule has 1 aromatic rings. The van der Waals surface area contributed by atoms with Crippen LogP contribution in [0.25, 0.3) is 0 Å². The third-order valence-electron chi connectivity index (χ3n) is 2.29. The van der Waals surface area contributed by atoms with Crippen LogP contribution in [0.5, 0.6) is 0 Å². The fourth-order valence-electron chi connectivity index (χ4n) is 1.41. The number of benzene rings is 1. The minimum absolute atomic E-state index is 0.199. The molecular weight excluding hydrogens is 251 g/mol. The molecular formula is C11H12Cl2O3. The van der Waals surface area contributed by atoms with Crippen molar-refractivity contribution >= 4 is 29.5 Å². The zero-order valence-corrected chi connectivity index (χ0v) is 9.95. The van der Waals surface area contributed by atoms with Crippen LogP contribution in [0.4, 0.5) is 0 Å². The Morgan fingerprint density at radius 2 is 2.06 bits per heavy atom. The van der Waals surface area contributed by atoms with Crippen LogP contribution in [-0.2, 0) is 0 Å². The largest absolute Gasteiger partial charge is 0.390 e. The summed E-state index contributed by atoms with van der Waals surface area (Å²) in [5.74, 6) is 0.231. The summed E-state index contributed by atoms with van der Waals surface area (Å²) in [7, 11) is 0. The average molecular weight is 263 g/mol. The summed E-state index contributed by atoms with van der Waals surface area (Å²) in [5.41, 5.74) is 0.519. The molecule has 2 unspecified atom stereocenters. The molecule has 0 aliphatic heterocycles. The number of aliphatic hydroxyl groups is 2. The summed E-state index contributed by atoms with van der Waals surface area (Å²) in [6, 6.07) is 4.72. The molecule has 16 heavy (non-hydrogen) atoms. The smallest absolute Gasteiger partial charge is 0.151 e. The number of alkyl halides is 1. The van der Waals surface area contributed by atoms with Crippen LogP contribution in [0, 0.1) is 0 Å². The quantitative estimate of drug-likeness (QED) is 0.632. The normalized spacial score (nSPS) is 14.5. The first-order chi connectivity index (χ1) is 7.61. The van der Waals surface area contributed by atoms with E-state index in [1.54, 1.807) is 18.2 Å². The van der Waals surface area contributed by atoms with E-state index in [9.17, 15) is 15.0 Å². The van der Waals surface area contributed by atoms with Gasteiger partial charge in [-0.05, 0) is 18.1 Å². The number of rotatable bonds is 5. The van der Waals surface area contributed by atoms with Crippen LogP contribution >= 0.6 is 23.2 Å². The van der Waals surface area contributed by atoms with Crippen molar-refractivity contribution in [3.05, 3.63) is 34.3 Å². The Morgan fingerprint density at radius 3 is 2.62 bits per heavy atom. The molecule has 2 N–H and O–H groups in total. The first-order valence-electron chi connectivity index (χ1n) is 4.77. The molecule has 2 atom stereocenters. The molecule has 3 nitrogen and oxygen atoms in total. The molecule has 1 aromatic carbocycles. The minimum Gasteiger partial charge on any atom is -0.390 e. The van der Waals surface area contributed by atoms with Crippen molar-refractivity contribution in [1.29, 1.82) is 0 Å². The minimum atomic E-state index is -1.15. The second-order valence-electron chi connectivity index (χ2n) is 3.35. The molecule has 0 amide bonds. The number of hydrogen-bond donors (Lipinski definition) is 2. The second-order valence-corrected chi connectivity index (χ2v) is 4.14. The van der Waals surface area contributed by atoms with Gasteiger partial charge < -0.3 is 10.2 Å². The summed E-state index contributed by atoms with van der Waals surface area (Å²) in [6.45, 7) is 0. The highest BCUT2D eigenvalue weighted by Gasteiger charge is 2.21. The monoisotopic (exact) mass is 262 g/mol. The number of halogens is 2. The van der Waals surface area contributed by atoms with Gasteiger partial charge in [0.1, 0.15) is 6.10 Å². The molecule has 0 fully saturated rings. The van der Waals surface area contributed by atoms with E-state index in [2.05, 4.69) is 0 Å². The van der Waals surface area contributed by atoms with Crippen LogP contribution in [-0.4, -0.2) is 28.5 Å². The second kappa shape index (κ2) is 6.21. The fourth-order valence-corrected chi connectivity index (χ4v) is 1.86. The lowest BCUT2D eigenvalue weighted by atomic mass is 9.98. The van der Waals surface area contributed by atoms with Gasteiger partial charge in [0, 0.05) is 11.4 Å². The molecule has 0 aromatic heterocycles. The number of aliphatic hydroxyl groups excluding tert-OH is 2. The van der Waals surface area contributed by atoms with E-state index in [0.29, 0.717) is 11.8 Å². The Kier molecular flexibility index (Phi) is 5.22. The van der Waals surface area contributed by atoms with Crippen LogP contribution in [0.1, 0.15) is 28.4 Å². The summed E-state index contributed by atoms with van der Waals surface area (Å²) in [5, 5.41) is 19.7. The lowest BCUT2D eigenvalue weighted by Gasteiger charge is -2.19. The lowest BCUT2D eigenvalue weighted by Crippen LogP contribution is -2.20. The molecule has 0 heterocycles. The molecule has 0 aliphatic carbocycles.